The molecule has 0 amide bonds. The van der Waals surface area contributed by atoms with Gasteiger partial charge in [0.15, 0.2) is 5.78 Å². The van der Waals surface area contributed by atoms with Crippen molar-refractivity contribution in [3.63, 3.8) is 0 Å². The van der Waals surface area contributed by atoms with Crippen molar-refractivity contribution in [2.24, 2.45) is 5.41 Å². The first-order valence-corrected chi connectivity index (χ1v) is 6.82. The Balaban J connectivity index is 2.80. The smallest absolute Gasteiger partial charge is 0.152 e. The predicted molar refractivity (Wildman–Crippen MR) is 83.1 cm³/mol. The highest BCUT2D eigenvalue weighted by molar-refractivity contribution is 5.87. The molecule has 0 aromatic heterocycles. The van der Waals surface area contributed by atoms with Crippen LogP contribution in [-0.2, 0) is 4.79 Å². The first-order valence-electron chi connectivity index (χ1n) is 8.32. The maximum absolute atomic E-state index is 11.3. The average molecular weight is 261 g/mol. The topological polar surface area (TPSA) is 17.1 Å². The number of rotatable bonds is 4. The molecule has 19 heavy (non-hydrogen) atoms. The summed E-state index contributed by atoms with van der Waals surface area (Å²) in [6, 6.07) is 0. The van der Waals surface area contributed by atoms with E-state index in [9.17, 15) is 4.79 Å². The lowest BCUT2D eigenvalue weighted by atomic mass is 9.72. The minimum Gasteiger partial charge on any atom is -0.295 e. The molecular weight excluding hydrogens is 232 g/mol. The molecule has 0 fully saturated rings. The average Bonchev–Trinajstić information content (AvgIpc) is 2.36. The van der Waals surface area contributed by atoms with Crippen LogP contribution in [0.1, 0.15) is 57.9 Å². The first-order chi connectivity index (χ1) is 10.0. The van der Waals surface area contributed by atoms with Crippen molar-refractivity contribution in [3.8, 4) is 0 Å². The Kier molecular flexibility index (Phi) is 4.04. The predicted octanol–water partition coefficient (Wildman–Crippen LogP) is 5.16. The summed E-state index contributed by atoms with van der Waals surface area (Å²) in [4.78, 5) is 11.3. The van der Waals surface area contributed by atoms with Crippen molar-refractivity contribution in [1.29, 1.82) is 0 Å². The molecule has 0 aliphatic heterocycles. The minimum atomic E-state index is -2.55. The highest BCUT2D eigenvalue weighted by Crippen LogP contribution is 2.40. The van der Waals surface area contributed by atoms with Crippen LogP contribution in [0.3, 0.4) is 0 Å². The number of allylic oxidation sites excluding steroid dienone is 8. The van der Waals surface area contributed by atoms with E-state index in [2.05, 4.69) is 26.8 Å². The van der Waals surface area contributed by atoms with Gasteiger partial charge in [0.25, 0.3) is 0 Å². The molecule has 1 nitrogen and oxygen atoms in total. The normalized spacial score (nSPS) is 23.6. The van der Waals surface area contributed by atoms with Crippen molar-refractivity contribution >= 4 is 5.78 Å². The molecule has 0 aromatic carbocycles. The Morgan fingerprint density at radius 2 is 2.11 bits per heavy atom. The van der Waals surface area contributed by atoms with Crippen LogP contribution in [0.4, 0.5) is 0 Å². The molecule has 0 spiro atoms. The molecule has 1 aliphatic carbocycles. The number of carbonyl (C=O) groups is 1. The highest BCUT2D eigenvalue weighted by atomic mass is 16.1. The summed E-state index contributed by atoms with van der Waals surface area (Å²) in [6.45, 7) is 6.11. The van der Waals surface area contributed by atoms with E-state index < -0.39 is 12.6 Å². The lowest BCUT2D eigenvalue weighted by molar-refractivity contribution is -0.112. The minimum absolute atomic E-state index is 0.201. The van der Waals surface area contributed by atoms with Crippen LogP contribution in [0.15, 0.2) is 47.1 Å². The van der Waals surface area contributed by atoms with Crippen molar-refractivity contribution in [2.75, 3.05) is 0 Å². The van der Waals surface area contributed by atoms with Crippen molar-refractivity contribution in [2.45, 2.75) is 53.8 Å². The molecule has 0 aromatic rings. The molecule has 0 N–H and O–H groups in total. The molecule has 1 rings (SSSR count). The van der Waals surface area contributed by atoms with Crippen LogP contribution < -0.4 is 0 Å². The lowest BCUT2D eigenvalue weighted by Crippen LogP contribution is -2.19. The number of hydrogen-bond acceptors (Lipinski definition) is 1. The van der Waals surface area contributed by atoms with E-state index in [1.165, 1.54) is 30.1 Å². The monoisotopic (exact) mass is 261 g/mol. The second-order valence-corrected chi connectivity index (χ2v) is 5.90. The Morgan fingerprint density at radius 1 is 1.37 bits per heavy atom. The van der Waals surface area contributed by atoms with Crippen LogP contribution in [0.5, 0.6) is 0 Å². The molecule has 1 aliphatic rings. The zero-order valence-electron chi connectivity index (χ0n) is 15.4. The van der Waals surface area contributed by atoms with Crippen molar-refractivity contribution in [1.82, 2.24) is 0 Å². The number of hydrogen-bond donors (Lipinski definition) is 0. The van der Waals surface area contributed by atoms with Crippen LogP contribution in [0, 0.1) is 5.41 Å². The largest absolute Gasteiger partial charge is 0.295 e. The Morgan fingerprint density at radius 3 is 2.74 bits per heavy atom. The van der Waals surface area contributed by atoms with E-state index in [0.29, 0.717) is 0 Å². The summed E-state index contributed by atoms with van der Waals surface area (Å²) in [5.74, 6) is -0.840. The Bertz CT molecular complexity index is 543. The molecule has 0 saturated carbocycles. The maximum Gasteiger partial charge on any atom is 0.152 e. The fourth-order valence-electron chi connectivity index (χ4n) is 2.57. The van der Waals surface area contributed by atoms with E-state index in [0.717, 1.165) is 18.1 Å². The first kappa shape index (κ1) is 11.5. The number of carbonyl (C=O) groups excluding carboxylic acids is 1. The van der Waals surface area contributed by atoms with Gasteiger partial charge in [-0.1, -0.05) is 49.3 Å². The van der Waals surface area contributed by atoms with Crippen LogP contribution in [-0.4, -0.2) is 5.78 Å². The van der Waals surface area contributed by atoms with Crippen molar-refractivity contribution in [3.05, 3.63) is 47.1 Å². The molecule has 0 radical (unpaired) electrons. The van der Waals surface area contributed by atoms with Gasteiger partial charge in [-0.25, -0.2) is 0 Å². The SMILES string of the molecule is [2H]C([2H])([2H])C(=O)/C=C/C=C(C)/C=C/C1=C(C)CCCC1(C)C. The zero-order valence-corrected chi connectivity index (χ0v) is 12.4. The molecule has 0 bridgehead atoms. The summed E-state index contributed by atoms with van der Waals surface area (Å²) < 4.78 is 21.0. The zero-order chi connectivity index (χ0) is 17.0. The Labute approximate surface area is 122 Å². The molecule has 0 saturated heterocycles. The van der Waals surface area contributed by atoms with Gasteiger partial charge in [0, 0.05) is 4.11 Å². The Hall–Kier alpha value is -1.37. The molecule has 0 heterocycles. The molecule has 0 atom stereocenters. The fraction of sp³-hybridized carbons (Fsp3) is 0.500. The van der Waals surface area contributed by atoms with Gasteiger partial charge in [-0.15, -0.1) is 0 Å². The second-order valence-electron chi connectivity index (χ2n) is 5.90. The summed E-state index contributed by atoms with van der Waals surface area (Å²) in [6.07, 6.45) is 12.1. The third kappa shape index (κ3) is 5.02. The molecule has 0 unspecified atom stereocenters. The van der Waals surface area contributed by atoms with E-state index in [-0.39, 0.29) is 5.41 Å². The van der Waals surface area contributed by atoms with Gasteiger partial charge in [-0.05, 0) is 57.0 Å². The maximum atomic E-state index is 11.3. The third-order valence-electron chi connectivity index (χ3n) is 3.66. The fourth-order valence-corrected chi connectivity index (χ4v) is 2.57. The van der Waals surface area contributed by atoms with Crippen molar-refractivity contribution < 1.29 is 8.91 Å². The standard InChI is InChI=1S/C18H26O/c1-14(8-6-10-16(3)19)11-12-17-15(2)9-7-13-18(17,4)5/h6,8,10-12H,7,9,13H2,1-5H3/b10-6+,12-11+,14-8+/i3D3. The number of ketones is 1. The summed E-state index contributed by atoms with van der Waals surface area (Å²) >= 11 is 0. The van der Waals surface area contributed by atoms with Gasteiger partial charge in [0.05, 0.1) is 0 Å². The van der Waals surface area contributed by atoms with Crippen LogP contribution in [0.25, 0.3) is 0 Å². The lowest BCUT2D eigenvalue weighted by Gasteiger charge is -2.32. The molecular formula is C18H26O. The van der Waals surface area contributed by atoms with E-state index >= 15 is 0 Å². The third-order valence-corrected chi connectivity index (χ3v) is 3.66. The summed E-state index contributed by atoms with van der Waals surface area (Å²) in [5, 5.41) is 0. The van der Waals surface area contributed by atoms with Gasteiger partial charge in [0.2, 0.25) is 0 Å². The second kappa shape index (κ2) is 6.70. The van der Waals surface area contributed by atoms with Gasteiger partial charge in [-0.2, -0.15) is 0 Å². The van der Waals surface area contributed by atoms with E-state index in [1.54, 1.807) is 6.08 Å². The molecule has 104 valence electrons. The quantitative estimate of drug-likeness (QED) is 0.504. The van der Waals surface area contributed by atoms with Gasteiger partial charge in [-0.3, -0.25) is 4.79 Å². The van der Waals surface area contributed by atoms with Crippen LogP contribution in [0.2, 0.25) is 0 Å². The van der Waals surface area contributed by atoms with E-state index in [1.807, 2.05) is 13.0 Å². The van der Waals surface area contributed by atoms with Crippen LogP contribution >= 0.6 is 0 Å². The van der Waals surface area contributed by atoms with Gasteiger partial charge >= 0.3 is 0 Å². The van der Waals surface area contributed by atoms with E-state index in [4.69, 9.17) is 4.11 Å². The van der Waals surface area contributed by atoms with Gasteiger partial charge in [0.1, 0.15) is 0 Å². The van der Waals surface area contributed by atoms with Gasteiger partial charge < -0.3 is 0 Å². The summed E-state index contributed by atoms with van der Waals surface area (Å²) in [5.41, 5.74) is 4.00. The summed E-state index contributed by atoms with van der Waals surface area (Å²) in [7, 11) is 0. The molecule has 1 heteroatoms. The highest BCUT2D eigenvalue weighted by Gasteiger charge is 2.26.